The monoisotopic (exact) mass is 256 g/mol. The highest BCUT2D eigenvalue weighted by molar-refractivity contribution is 5.28. The summed E-state index contributed by atoms with van der Waals surface area (Å²) in [5, 5.41) is 0. The quantitative estimate of drug-likeness (QED) is 0.850. The van der Waals surface area contributed by atoms with E-state index in [1.165, 1.54) is 22.5 Å². The van der Waals surface area contributed by atoms with Crippen molar-refractivity contribution in [1.82, 2.24) is 4.68 Å². The molecular formula is C17H24N2. The Balaban J connectivity index is 2.14. The van der Waals surface area contributed by atoms with Crippen LogP contribution in [0.1, 0.15) is 55.2 Å². The molecule has 1 aromatic carbocycles. The van der Waals surface area contributed by atoms with Gasteiger partial charge < -0.3 is 5.43 Å². The van der Waals surface area contributed by atoms with E-state index in [2.05, 4.69) is 81.1 Å². The second kappa shape index (κ2) is 5.52. The molecule has 1 heterocycles. The fraction of sp³-hybridized carbons (Fsp3) is 0.412. The van der Waals surface area contributed by atoms with Crippen LogP contribution < -0.4 is 5.43 Å². The third-order valence-electron chi connectivity index (χ3n) is 3.70. The number of hydrogen-bond donors (Lipinski definition) is 1. The van der Waals surface area contributed by atoms with Gasteiger partial charge in [0.1, 0.15) is 0 Å². The number of benzene rings is 1. The summed E-state index contributed by atoms with van der Waals surface area (Å²) in [5.41, 5.74) is 8.73. The Morgan fingerprint density at radius 1 is 0.789 bits per heavy atom. The molecule has 102 valence electrons. The Kier molecular flexibility index (Phi) is 3.98. The zero-order valence-electron chi connectivity index (χ0n) is 12.6. The Morgan fingerprint density at radius 3 is 1.74 bits per heavy atom. The third kappa shape index (κ3) is 3.01. The van der Waals surface area contributed by atoms with E-state index in [4.69, 9.17) is 0 Å². The van der Waals surface area contributed by atoms with Gasteiger partial charge in [0, 0.05) is 11.4 Å². The number of aromatic nitrogens is 1. The van der Waals surface area contributed by atoms with Crippen LogP contribution in [0.2, 0.25) is 0 Å². The molecule has 1 unspecified atom stereocenters. The van der Waals surface area contributed by atoms with Gasteiger partial charge in [-0.25, -0.2) is 0 Å². The van der Waals surface area contributed by atoms with Crippen molar-refractivity contribution in [2.45, 2.75) is 46.6 Å². The zero-order chi connectivity index (χ0) is 14.0. The minimum absolute atomic E-state index is 0.297. The van der Waals surface area contributed by atoms with E-state index in [-0.39, 0.29) is 0 Å². The molecule has 0 radical (unpaired) electrons. The number of nitrogens with one attached hydrogen (secondary N) is 1. The lowest BCUT2D eigenvalue weighted by molar-refractivity contribution is 0.698. The molecule has 2 heteroatoms. The highest BCUT2D eigenvalue weighted by Gasteiger charge is 2.08. The van der Waals surface area contributed by atoms with Gasteiger partial charge in [0.05, 0.1) is 6.04 Å². The highest BCUT2D eigenvalue weighted by Crippen LogP contribution is 2.20. The molecule has 1 N–H and O–H groups in total. The predicted molar refractivity (Wildman–Crippen MR) is 82.2 cm³/mol. The summed E-state index contributed by atoms with van der Waals surface area (Å²) in [6.45, 7) is 10.9. The van der Waals surface area contributed by atoms with E-state index in [0.29, 0.717) is 12.0 Å². The fourth-order valence-corrected chi connectivity index (χ4v) is 2.31. The summed E-state index contributed by atoms with van der Waals surface area (Å²) in [5.74, 6) is 0.589. The van der Waals surface area contributed by atoms with Crippen LogP contribution in [0.5, 0.6) is 0 Å². The zero-order valence-corrected chi connectivity index (χ0v) is 12.6. The molecule has 0 aliphatic rings. The number of aryl methyl sites for hydroxylation is 2. The van der Waals surface area contributed by atoms with E-state index >= 15 is 0 Å². The summed E-state index contributed by atoms with van der Waals surface area (Å²) in [6.07, 6.45) is 0. The average Bonchev–Trinajstić information content (AvgIpc) is 2.70. The molecule has 0 aliphatic heterocycles. The minimum Gasteiger partial charge on any atom is -0.319 e. The van der Waals surface area contributed by atoms with Gasteiger partial charge in [0.25, 0.3) is 0 Å². The van der Waals surface area contributed by atoms with Crippen LogP contribution in [-0.2, 0) is 0 Å². The highest BCUT2D eigenvalue weighted by atomic mass is 15.4. The van der Waals surface area contributed by atoms with Crippen molar-refractivity contribution < 1.29 is 0 Å². The maximum atomic E-state index is 3.54. The summed E-state index contributed by atoms with van der Waals surface area (Å²) in [6, 6.07) is 13.5. The number of nitrogens with zero attached hydrogens (tertiary/aromatic N) is 1. The maximum Gasteiger partial charge on any atom is 0.0645 e. The van der Waals surface area contributed by atoms with Crippen molar-refractivity contribution in [1.29, 1.82) is 0 Å². The fourth-order valence-electron chi connectivity index (χ4n) is 2.31. The van der Waals surface area contributed by atoms with Crippen LogP contribution in [0.15, 0.2) is 36.4 Å². The van der Waals surface area contributed by atoms with Gasteiger partial charge in [-0.3, -0.25) is 4.68 Å². The van der Waals surface area contributed by atoms with E-state index in [1.54, 1.807) is 0 Å². The predicted octanol–water partition coefficient (Wildman–Crippen LogP) is 4.53. The van der Waals surface area contributed by atoms with Gasteiger partial charge in [-0.1, -0.05) is 38.1 Å². The molecule has 1 atom stereocenters. The van der Waals surface area contributed by atoms with Crippen LogP contribution in [0.3, 0.4) is 0 Å². The Bertz CT molecular complexity index is 515. The lowest BCUT2D eigenvalue weighted by Gasteiger charge is -2.20. The SMILES string of the molecule is Cc1ccc(C)n1NC(C)c1ccc(C(C)C)cc1. The van der Waals surface area contributed by atoms with Gasteiger partial charge in [-0.15, -0.1) is 0 Å². The first kappa shape index (κ1) is 13.7. The van der Waals surface area contributed by atoms with Gasteiger partial charge in [-0.2, -0.15) is 0 Å². The van der Waals surface area contributed by atoms with E-state index in [1.807, 2.05) is 0 Å². The smallest absolute Gasteiger partial charge is 0.0645 e. The van der Waals surface area contributed by atoms with Crippen molar-refractivity contribution in [2.75, 3.05) is 5.43 Å². The van der Waals surface area contributed by atoms with Crippen molar-refractivity contribution in [2.24, 2.45) is 0 Å². The van der Waals surface area contributed by atoms with Crippen LogP contribution in [0.4, 0.5) is 0 Å². The molecule has 19 heavy (non-hydrogen) atoms. The van der Waals surface area contributed by atoms with Crippen LogP contribution in [-0.4, -0.2) is 4.68 Å². The Labute approximate surface area is 116 Å². The molecule has 0 aliphatic carbocycles. The number of hydrogen-bond acceptors (Lipinski definition) is 1. The Hall–Kier alpha value is -1.70. The van der Waals surface area contributed by atoms with Gasteiger partial charge in [0.2, 0.25) is 0 Å². The van der Waals surface area contributed by atoms with Crippen molar-refractivity contribution in [3.8, 4) is 0 Å². The maximum absolute atomic E-state index is 3.54. The second-order valence-corrected chi connectivity index (χ2v) is 5.62. The summed E-state index contributed by atoms with van der Waals surface area (Å²) in [7, 11) is 0. The summed E-state index contributed by atoms with van der Waals surface area (Å²) >= 11 is 0. The summed E-state index contributed by atoms with van der Waals surface area (Å²) < 4.78 is 2.15. The molecule has 2 rings (SSSR count). The van der Waals surface area contributed by atoms with Crippen LogP contribution in [0.25, 0.3) is 0 Å². The van der Waals surface area contributed by atoms with Gasteiger partial charge in [0.15, 0.2) is 0 Å². The summed E-state index contributed by atoms with van der Waals surface area (Å²) in [4.78, 5) is 0. The number of rotatable bonds is 4. The molecule has 2 nitrogen and oxygen atoms in total. The first-order valence-corrected chi connectivity index (χ1v) is 7.00. The first-order chi connectivity index (χ1) is 8.99. The van der Waals surface area contributed by atoms with Crippen LogP contribution in [0, 0.1) is 13.8 Å². The van der Waals surface area contributed by atoms with E-state index < -0.39 is 0 Å². The minimum atomic E-state index is 0.297. The largest absolute Gasteiger partial charge is 0.319 e. The van der Waals surface area contributed by atoms with Crippen molar-refractivity contribution in [3.05, 3.63) is 58.9 Å². The lowest BCUT2D eigenvalue weighted by Crippen LogP contribution is -2.20. The molecule has 1 aromatic heterocycles. The molecule has 0 saturated heterocycles. The molecule has 2 aromatic rings. The van der Waals surface area contributed by atoms with E-state index in [9.17, 15) is 0 Å². The average molecular weight is 256 g/mol. The Morgan fingerprint density at radius 2 is 1.26 bits per heavy atom. The molecule has 0 spiro atoms. The standard InChI is InChI=1S/C17H24N2/c1-12(2)16-8-10-17(11-9-16)15(5)18-19-13(3)6-7-14(19)4/h6-12,15,18H,1-5H3. The van der Waals surface area contributed by atoms with Crippen molar-refractivity contribution >= 4 is 0 Å². The first-order valence-electron chi connectivity index (χ1n) is 7.00. The van der Waals surface area contributed by atoms with Crippen molar-refractivity contribution in [3.63, 3.8) is 0 Å². The lowest BCUT2D eigenvalue weighted by atomic mass is 10.00. The molecule has 0 saturated carbocycles. The molecule has 0 amide bonds. The van der Waals surface area contributed by atoms with E-state index in [0.717, 1.165) is 0 Å². The topological polar surface area (TPSA) is 17.0 Å². The molecule has 0 fully saturated rings. The van der Waals surface area contributed by atoms with Crippen LogP contribution >= 0.6 is 0 Å². The molecular weight excluding hydrogens is 232 g/mol. The van der Waals surface area contributed by atoms with Gasteiger partial charge >= 0.3 is 0 Å². The normalized spacial score (nSPS) is 12.7. The van der Waals surface area contributed by atoms with Gasteiger partial charge in [-0.05, 0) is 49.9 Å². The third-order valence-corrected chi connectivity index (χ3v) is 3.70. The second-order valence-electron chi connectivity index (χ2n) is 5.62. The molecule has 0 bridgehead atoms.